The third-order valence-electron chi connectivity index (χ3n) is 3.87. The molecule has 2 heterocycles. The molecule has 2 rings (SSSR count). The van der Waals surface area contributed by atoms with E-state index in [4.69, 9.17) is 5.11 Å². The predicted molar refractivity (Wildman–Crippen MR) is 66.4 cm³/mol. The quantitative estimate of drug-likeness (QED) is 0.681. The lowest BCUT2D eigenvalue weighted by Gasteiger charge is -2.35. The molecule has 3 unspecified atom stereocenters. The number of hydrogen-bond donors (Lipinski definition) is 3. The van der Waals surface area contributed by atoms with Crippen LogP contribution in [0.1, 0.15) is 32.6 Å². The molecular weight excluding hydrogens is 234 g/mol. The van der Waals surface area contributed by atoms with Crippen LogP contribution in [-0.4, -0.2) is 53.2 Å². The fraction of sp³-hybridized carbons (Fsp3) is 0.833. The molecule has 2 fully saturated rings. The molecule has 0 spiro atoms. The van der Waals surface area contributed by atoms with Crippen LogP contribution in [0.5, 0.6) is 0 Å². The average molecular weight is 255 g/mol. The number of carbonyl (C=O) groups is 2. The van der Waals surface area contributed by atoms with Crippen LogP contribution in [-0.2, 0) is 4.79 Å². The Morgan fingerprint density at radius 3 is 2.83 bits per heavy atom. The Balaban J connectivity index is 1.76. The summed E-state index contributed by atoms with van der Waals surface area (Å²) >= 11 is 0. The molecule has 0 radical (unpaired) electrons. The standard InChI is InChI=1S/C12H21N3O3/c1-8(11(16)17)13-12(18)14-9-4-6-15-5-2-3-10(15)7-9/h8-10H,2-7H2,1H3,(H,16,17)(H2,13,14,18). The molecule has 3 N–H and O–H groups in total. The predicted octanol–water partition coefficient (Wildman–Crippen LogP) is 0.386. The molecule has 2 saturated heterocycles. The minimum absolute atomic E-state index is 0.172. The maximum Gasteiger partial charge on any atom is 0.325 e. The fourth-order valence-corrected chi connectivity index (χ4v) is 2.84. The molecule has 2 amide bonds. The second kappa shape index (κ2) is 5.56. The molecular formula is C12H21N3O3. The van der Waals surface area contributed by atoms with E-state index < -0.39 is 12.0 Å². The van der Waals surface area contributed by atoms with Crippen LogP contribution in [0.3, 0.4) is 0 Å². The van der Waals surface area contributed by atoms with Gasteiger partial charge in [0, 0.05) is 18.6 Å². The molecule has 102 valence electrons. The number of aliphatic carboxylic acids is 1. The largest absolute Gasteiger partial charge is 0.480 e. The third-order valence-corrected chi connectivity index (χ3v) is 3.87. The number of nitrogens with zero attached hydrogens (tertiary/aromatic N) is 1. The van der Waals surface area contributed by atoms with E-state index in [-0.39, 0.29) is 12.1 Å². The second-order valence-corrected chi connectivity index (χ2v) is 5.23. The van der Waals surface area contributed by atoms with Crippen LogP contribution in [0, 0.1) is 0 Å². The van der Waals surface area contributed by atoms with Crippen LogP contribution in [0.15, 0.2) is 0 Å². The summed E-state index contributed by atoms with van der Waals surface area (Å²) < 4.78 is 0. The van der Waals surface area contributed by atoms with Crippen LogP contribution >= 0.6 is 0 Å². The molecule has 0 aromatic heterocycles. The van der Waals surface area contributed by atoms with Crippen molar-refractivity contribution in [3.05, 3.63) is 0 Å². The van der Waals surface area contributed by atoms with Gasteiger partial charge in [0.1, 0.15) is 6.04 Å². The summed E-state index contributed by atoms with van der Waals surface area (Å²) in [6, 6.07) is -0.454. The highest BCUT2D eigenvalue weighted by Crippen LogP contribution is 2.26. The Kier molecular flexibility index (Phi) is 4.06. The van der Waals surface area contributed by atoms with Crippen LogP contribution in [0.4, 0.5) is 4.79 Å². The van der Waals surface area contributed by atoms with Crippen molar-refractivity contribution >= 4 is 12.0 Å². The maximum atomic E-state index is 11.6. The highest BCUT2D eigenvalue weighted by atomic mass is 16.4. The molecule has 6 nitrogen and oxygen atoms in total. The molecule has 3 atom stereocenters. The van der Waals surface area contributed by atoms with Gasteiger partial charge in [0.25, 0.3) is 0 Å². The highest BCUT2D eigenvalue weighted by molar-refractivity contribution is 5.82. The monoisotopic (exact) mass is 255 g/mol. The lowest BCUT2D eigenvalue weighted by Crippen LogP contribution is -2.52. The van der Waals surface area contributed by atoms with E-state index in [0.29, 0.717) is 6.04 Å². The van der Waals surface area contributed by atoms with Crippen molar-refractivity contribution in [2.24, 2.45) is 0 Å². The van der Waals surface area contributed by atoms with Crippen molar-refractivity contribution in [1.82, 2.24) is 15.5 Å². The van der Waals surface area contributed by atoms with Crippen molar-refractivity contribution in [3.8, 4) is 0 Å². The van der Waals surface area contributed by atoms with Crippen LogP contribution < -0.4 is 10.6 Å². The Morgan fingerprint density at radius 2 is 2.11 bits per heavy atom. The van der Waals surface area contributed by atoms with Crippen LogP contribution in [0.2, 0.25) is 0 Å². The zero-order valence-corrected chi connectivity index (χ0v) is 10.7. The van der Waals surface area contributed by atoms with Gasteiger partial charge in [-0.1, -0.05) is 0 Å². The normalized spacial score (nSPS) is 29.4. The van der Waals surface area contributed by atoms with E-state index >= 15 is 0 Å². The van der Waals surface area contributed by atoms with Gasteiger partial charge in [-0.2, -0.15) is 0 Å². The van der Waals surface area contributed by atoms with E-state index in [1.807, 2.05) is 0 Å². The first kappa shape index (κ1) is 13.1. The summed E-state index contributed by atoms with van der Waals surface area (Å²) in [6.07, 6.45) is 4.39. The van der Waals surface area contributed by atoms with Crippen molar-refractivity contribution in [2.75, 3.05) is 13.1 Å². The average Bonchev–Trinajstić information content (AvgIpc) is 2.75. The third kappa shape index (κ3) is 3.13. The van der Waals surface area contributed by atoms with E-state index in [0.717, 1.165) is 19.4 Å². The Bertz CT molecular complexity index is 335. The van der Waals surface area contributed by atoms with Gasteiger partial charge >= 0.3 is 12.0 Å². The van der Waals surface area contributed by atoms with Gasteiger partial charge < -0.3 is 20.6 Å². The molecule has 18 heavy (non-hydrogen) atoms. The van der Waals surface area contributed by atoms with Crippen molar-refractivity contribution < 1.29 is 14.7 Å². The highest BCUT2D eigenvalue weighted by Gasteiger charge is 2.32. The van der Waals surface area contributed by atoms with E-state index in [9.17, 15) is 9.59 Å². The topological polar surface area (TPSA) is 81.7 Å². The molecule has 0 bridgehead atoms. The van der Waals surface area contributed by atoms with E-state index in [1.54, 1.807) is 0 Å². The summed E-state index contributed by atoms with van der Waals surface area (Å²) in [4.78, 5) is 24.7. The van der Waals surface area contributed by atoms with Crippen LogP contribution in [0.25, 0.3) is 0 Å². The van der Waals surface area contributed by atoms with Gasteiger partial charge in [-0.3, -0.25) is 4.79 Å². The minimum atomic E-state index is -1.02. The second-order valence-electron chi connectivity index (χ2n) is 5.23. The maximum absolute atomic E-state index is 11.6. The lowest BCUT2D eigenvalue weighted by atomic mass is 9.98. The lowest BCUT2D eigenvalue weighted by molar-refractivity contribution is -0.138. The zero-order chi connectivity index (χ0) is 13.1. The minimum Gasteiger partial charge on any atom is -0.480 e. The number of carbonyl (C=O) groups excluding carboxylic acids is 1. The number of fused-ring (bicyclic) bond motifs is 1. The number of carboxylic acids is 1. The number of amides is 2. The number of rotatable bonds is 3. The molecule has 0 saturated carbocycles. The molecule has 2 aliphatic rings. The number of carboxylic acid groups (broad SMARTS) is 1. The smallest absolute Gasteiger partial charge is 0.325 e. The zero-order valence-electron chi connectivity index (χ0n) is 10.7. The molecule has 0 aromatic rings. The summed E-state index contributed by atoms with van der Waals surface area (Å²) in [5.41, 5.74) is 0. The van der Waals surface area contributed by atoms with Crippen molar-refractivity contribution in [3.63, 3.8) is 0 Å². The SMILES string of the molecule is CC(NC(=O)NC1CCN2CCCC2C1)C(=O)O. The van der Waals surface area contributed by atoms with Gasteiger partial charge in [-0.15, -0.1) is 0 Å². The number of nitrogens with one attached hydrogen (secondary N) is 2. The number of urea groups is 1. The summed E-state index contributed by atoms with van der Waals surface area (Å²) in [5, 5.41) is 14.0. The molecule has 0 aliphatic carbocycles. The Morgan fingerprint density at radius 1 is 1.33 bits per heavy atom. The van der Waals surface area contributed by atoms with E-state index in [1.165, 1.54) is 26.3 Å². The van der Waals surface area contributed by atoms with Gasteiger partial charge in [0.05, 0.1) is 0 Å². The fourth-order valence-electron chi connectivity index (χ4n) is 2.84. The Hall–Kier alpha value is -1.30. The molecule has 6 heteroatoms. The summed E-state index contributed by atoms with van der Waals surface area (Å²) in [5.74, 6) is -1.02. The number of hydrogen-bond acceptors (Lipinski definition) is 3. The van der Waals surface area contributed by atoms with Gasteiger partial charge in [-0.05, 0) is 39.2 Å². The summed E-state index contributed by atoms with van der Waals surface area (Å²) in [7, 11) is 0. The summed E-state index contributed by atoms with van der Waals surface area (Å²) in [6.45, 7) is 3.67. The Labute approximate surface area is 107 Å². The van der Waals surface area contributed by atoms with Gasteiger partial charge in [0.15, 0.2) is 0 Å². The van der Waals surface area contributed by atoms with Gasteiger partial charge in [0.2, 0.25) is 0 Å². The first-order chi connectivity index (χ1) is 8.56. The van der Waals surface area contributed by atoms with Gasteiger partial charge in [-0.25, -0.2) is 4.79 Å². The first-order valence-electron chi connectivity index (χ1n) is 6.60. The van der Waals surface area contributed by atoms with Crippen molar-refractivity contribution in [1.29, 1.82) is 0 Å². The number of piperidine rings is 1. The molecule has 2 aliphatic heterocycles. The molecule has 0 aromatic carbocycles. The van der Waals surface area contributed by atoms with E-state index in [2.05, 4.69) is 15.5 Å². The van der Waals surface area contributed by atoms with Crippen molar-refractivity contribution in [2.45, 2.75) is 50.7 Å². The first-order valence-corrected chi connectivity index (χ1v) is 6.60.